The van der Waals surface area contributed by atoms with Gasteiger partial charge in [0.2, 0.25) is 0 Å². The van der Waals surface area contributed by atoms with Gasteiger partial charge in [0.25, 0.3) is 0 Å². The van der Waals surface area contributed by atoms with E-state index in [1.807, 2.05) is 0 Å². The molecule has 0 aromatic heterocycles. The van der Waals surface area contributed by atoms with Crippen LogP contribution < -0.4 is 0 Å². The van der Waals surface area contributed by atoms with Crippen molar-refractivity contribution in [3.05, 3.63) is 0 Å². The van der Waals surface area contributed by atoms with E-state index in [-0.39, 0.29) is 12.7 Å². The lowest BCUT2D eigenvalue weighted by molar-refractivity contribution is -0.0612. The summed E-state index contributed by atoms with van der Waals surface area (Å²) in [6.07, 6.45) is 0.640. The van der Waals surface area contributed by atoms with Crippen LogP contribution in [0.4, 0.5) is 0 Å². The second-order valence-corrected chi connectivity index (χ2v) is 17.7. The van der Waals surface area contributed by atoms with Crippen LogP contribution >= 0.6 is 0 Å². The Bertz CT molecular complexity index is 249. The number of aliphatic hydroxyl groups is 2. The van der Waals surface area contributed by atoms with E-state index in [0.717, 1.165) is 18.9 Å². The predicted octanol–water partition coefficient (Wildman–Crippen LogP) is 2.69. The Labute approximate surface area is 126 Å². The third kappa shape index (κ3) is 12.0. The standard InChI is InChI=1S/C14H34O4Si2/c1-19(2,3)11-8-14(13(16)12-15)17-9-7-10-18-20(4,5)6/h13-16H,7-12H2,1-6H3. The van der Waals surface area contributed by atoms with Gasteiger partial charge < -0.3 is 19.4 Å². The lowest BCUT2D eigenvalue weighted by Gasteiger charge is -2.25. The first-order chi connectivity index (χ1) is 9.05. The van der Waals surface area contributed by atoms with Gasteiger partial charge in [0.15, 0.2) is 8.32 Å². The zero-order valence-electron chi connectivity index (χ0n) is 14.1. The van der Waals surface area contributed by atoms with E-state index in [4.69, 9.17) is 14.3 Å². The zero-order valence-corrected chi connectivity index (χ0v) is 16.1. The number of rotatable bonds is 11. The average molecular weight is 323 g/mol. The molecule has 122 valence electrons. The minimum Gasteiger partial charge on any atom is -0.418 e. The Kier molecular flexibility index (Phi) is 9.45. The molecule has 0 aliphatic carbocycles. The average Bonchev–Trinajstić information content (AvgIpc) is 2.29. The van der Waals surface area contributed by atoms with Crippen molar-refractivity contribution in [1.29, 1.82) is 0 Å². The summed E-state index contributed by atoms with van der Waals surface area (Å²) in [6, 6.07) is 1.10. The highest BCUT2D eigenvalue weighted by atomic mass is 28.4. The number of hydrogen-bond acceptors (Lipinski definition) is 4. The molecule has 0 aromatic carbocycles. The molecule has 2 unspecified atom stereocenters. The van der Waals surface area contributed by atoms with E-state index >= 15 is 0 Å². The summed E-state index contributed by atoms with van der Waals surface area (Å²) in [6.45, 7) is 14.5. The molecule has 0 aliphatic rings. The van der Waals surface area contributed by atoms with Gasteiger partial charge in [-0.2, -0.15) is 0 Å². The normalized spacial score (nSPS) is 16.2. The van der Waals surface area contributed by atoms with Crippen LogP contribution in [0.2, 0.25) is 45.3 Å². The van der Waals surface area contributed by atoms with Crippen molar-refractivity contribution in [2.75, 3.05) is 19.8 Å². The second-order valence-electron chi connectivity index (χ2n) is 7.57. The quantitative estimate of drug-likeness (QED) is 0.453. The third-order valence-electron chi connectivity index (χ3n) is 2.95. The molecule has 0 amide bonds. The van der Waals surface area contributed by atoms with Gasteiger partial charge in [-0.15, -0.1) is 0 Å². The SMILES string of the molecule is C[Si](C)(C)CCC(OCCCO[Si](C)(C)C)C(O)CO. The van der Waals surface area contributed by atoms with Crippen LogP contribution in [-0.4, -0.2) is 58.6 Å². The monoisotopic (exact) mass is 322 g/mol. The maximum atomic E-state index is 9.82. The molecule has 0 bridgehead atoms. The van der Waals surface area contributed by atoms with Crippen LogP contribution in [0, 0.1) is 0 Å². The molecule has 0 saturated carbocycles. The van der Waals surface area contributed by atoms with E-state index in [9.17, 15) is 5.11 Å². The Morgan fingerprint density at radius 3 is 2.05 bits per heavy atom. The van der Waals surface area contributed by atoms with Crippen molar-refractivity contribution in [3.63, 3.8) is 0 Å². The zero-order chi connectivity index (χ0) is 15.8. The minimum atomic E-state index is -1.44. The van der Waals surface area contributed by atoms with E-state index < -0.39 is 22.5 Å². The number of ether oxygens (including phenoxy) is 1. The summed E-state index contributed by atoms with van der Waals surface area (Å²) >= 11 is 0. The molecule has 0 aromatic rings. The van der Waals surface area contributed by atoms with Gasteiger partial charge >= 0.3 is 0 Å². The molecule has 0 heterocycles. The van der Waals surface area contributed by atoms with Crippen LogP contribution in [0.5, 0.6) is 0 Å². The molecule has 6 heteroatoms. The van der Waals surface area contributed by atoms with Crippen molar-refractivity contribution < 1.29 is 19.4 Å². The molecule has 0 rings (SSSR count). The van der Waals surface area contributed by atoms with Crippen LogP contribution in [0.15, 0.2) is 0 Å². The summed E-state index contributed by atoms with van der Waals surface area (Å²) in [5.74, 6) is 0. The molecular formula is C14H34O4Si2. The summed E-state index contributed by atoms with van der Waals surface area (Å²) in [7, 11) is -2.59. The van der Waals surface area contributed by atoms with Gasteiger partial charge in [0.05, 0.1) is 12.7 Å². The first-order valence-electron chi connectivity index (χ1n) is 7.59. The van der Waals surface area contributed by atoms with E-state index in [1.165, 1.54) is 0 Å². The molecular weight excluding hydrogens is 288 g/mol. The summed E-state index contributed by atoms with van der Waals surface area (Å²) < 4.78 is 11.5. The minimum absolute atomic E-state index is 0.234. The highest BCUT2D eigenvalue weighted by Gasteiger charge is 2.23. The molecule has 2 N–H and O–H groups in total. The highest BCUT2D eigenvalue weighted by molar-refractivity contribution is 6.76. The Hall–Kier alpha value is 0.274. The lowest BCUT2D eigenvalue weighted by Crippen LogP contribution is -2.35. The van der Waals surface area contributed by atoms with Gasteiger partial charge in [-0.25, -0.2) is 0 Å². The molecule has 2 atom stereocenters. The fourth-order valence-electron chi connectivity index (χ4n) is 1.75. The predicted molar refractivity (Wildman–Crippen MR) is 89.5 cm³/mol. The summed E-state index contributed by atoms with van der Waals surface area (Å²) in [5.41, 5.74) is 0. The van der Waals surface area contributed by atoms with Crippen LogP contribution in [0.3, 0.4) is 0 Å². The first-order valence-corrected chi connectivity index (χ1v) is 14.7. The molecule has 0 aliphatic heterocycles. The van der Waals surface area contributed by atoms with Crippen LogP contribution in [0.25, 0.3) is 0 Å². The molecule has 0 radical (unpaired) electrons. The van der Waals surface area contributed by atoms with Crippen LogP contribution in [-0.2, 0) is 9.16 Å². The fourth-order valence-corrected chi connectivity index (χ4v) is 3.66. The van der Waals surface area contributed by atoms with E-state index in [2.05, 4.69) is 39.3 Å². The van der Waals surface area contributed by atoms with Crippen molar-refractivity contribution in [2.24, 2.45) is 0 Å². The largest absolute Gasteiger partial charge is 0.418 e. The van der Waals surface area contributed by atoms with Crippen molar-refractivity contribution in [2.45, 2.75) is 70.4 Å². The lowest BCUT2D eigenvalue weighted by atomic mass is 10.1. The molecule has 0 spiro atoms. The van der Waals surface area contributed by atoms with Gasteiger partial charge in [-0.1, -0.05) is 25.7 Å². The van der Waals surface area contributed by atoms with Crippen molar-refractivity contribution >= 4 is 16.4 Å². The van der Waals surface area contributed by atoms with Crippen molar-refractivity contribution in [3.8, 4) is 0 Å². The third-order valence-corrected chi connectivity index (χ3v) is 5.81. The molecule has 0 saturated heterocycles. The topological polar surface area (TPSA) is 58.9 Å². The smallest absolute Gasteiger partial charge is 0.183 e. The first kappa shape index (κ1) is 20.3. The van der Waals surface area contributed by atoms with E-state index in [0.29, 0.717) is 13.2 Å². The molecule has 4 nitrogen and oxygen atoms in total. The van der Waals surface area contributed by atoms with Gasteiger partial charge in [-0.05, 0) is 32.5 Å². The van der Waals surface area contributed by atoms with E-state index in [1.54, 1.807) is 0 Å². The highest BCUT2D eigenvalue weighted by Crippen LogP contribution is 2.17. The van der Waals surface area contributed by atoms with Gasteiger partial charge in [-0.3, -0.25) is 0 Å². The Morgan fingerprint density at radius 2 is 1.60 bits per heavy atom. The van der Waals surface area contributed by atoms with Gasteiger partial charge in [0, 0.05) is 21.3 Å². The van der Waals surface area contributed by atoms with Crippen LogP contribution in [0.1, 0.15) is 12.8 Å². The number of hydrogen-bond donors (Lipinski definition) is 2. The summed E-state index contributed by atoms with van der Waals surface area (Å²) in [5, 5.41) is 18.9. The Balaban J connectivity index is 3.99. The fraction of sp³-hybridized carbons (Fsp3) is 1.00. The molecule has 20 heavy (non-hydrogen) atoms. The second kappa shape index (κ2) is 9.32. The Morgan fingerprint density at radius 1 is 1.00 bits per heavy atom. The summed E-state index contributed by atoms with van der Waals surface area (Å²) in [4.78, 5) is 0. The number of aliphatic hydroxyl groups excluding tert-OH is 2. The maximum Gasteiger partial charge on any atom is 0.183 e. The van der Waals surface area contributed by atoms with Crippen molar-refractivity contribution in [1.82, 2.24) is 0 Å². The molecule has 0 fully saturated rings. The maximum absolute atomic E-state index is 9.82. The van der Waals surface area contributed by atoms with Gasteiger partial charge in [0.1, 0.15) is 6.10 Å².